The monoisotopic (exact) mass is 811 g/mol. The van der Waals surface area contributed by atoms with Gasteiger partial charge in [-0.1, -0.05) is 185 Å². The Labute approximate surface area is 368 Å². The number of hydrogen-bond donors (Lipinski definition) is 0. The maximum absolute atomic E-state index is 2.47. The molecule has 1 heterocycles. The fourth-order valence-corrected chi connectivity index (χ4v) is 12.0. The van der Waals surface area contributed by atoms with Gasteiger partial charge in [-0.05, 0) is 120 Å². The van der Waals surface area contributed by atoms with Crippen molar-refractivity contribution in [3.8, 4) is 55.6 Å². The van der Waals surface area contributed by atoms with Gasteiger partial charge in [-0.25, -0.2) is 0 Å². The van der Waals surface area contributed by atoms with Crippen molar-refractivity contribution in [1.82, 2.24) is 0 Å². The normalized spacial score (nSPS) is 14.1. The first kappa shape index (κ1) is 36.8. The van der Waals surface area contributed by atoms with Crippen LogP contribution < -0.4 is 4.90 Å². The van der Waals surface area contributed by atoms with Crippen molar-refractivity contribution in [2.24, 2.45) is 0 Å². The van der Waals surface area contributed by atoms with Gasteiger partial charge < -0.3 is 4.90 Å². The summed E-state index contributed by atoms with van der Waals surface area (Å²) >= 11 is 1.88. The molecule has 0 saturated heterocycles. The summed E-state index contributed by atoms with van der Waals surface area (Å²) < 4.78 is 2.66. The molecule has 0 bridgehead atoms. The number of thiophene rings is 1. The second kappa shape index (κ2) is 13.8. The fraction of sp³-hybridized carbons (Fsp3) is 0.100. The zero-order valence-electron chi connectivity index (χ0n) is 35.4. The highest BCUT2D eigenvalue weighted by molar-refractivity contribution is 7.26. The highest BCUT2D eigenvalue weighted by Gasteiger charge is 2.39. The summed E-state index contributed by atoms with van der Waals surface area (Å²) in [6.45, 7) is 9.44. The third kappa shape index (κ3) is 5.53. The van der Waals surface area contributed by atoms with E-state index in [1.54, 1.807) is 0 Å². The van der Waals surface area contributed by atoms with E-state index < -0.39 is 0 Å². The van der Waals surface area contributed by atoms with E-state index >= 15 is 0 Å². The van der Waals surface area contributed by atoms with Crippen LogP contribution in [0, 0.1) is 0 Å². The molecule has 0 saturated carbocycles. The molecule has 2 aliphatic rings. The van der Waals surface area contributed by atoms with E-state index in [9.17, 15) is 0 Å². The predicted molar refractivity (Wildman–Crippen MR) is 265 cm³/mol. The first-order valence-electron chi connectivity index (χ1n) is 21.8. The molecule has 0 amide bonds. The van der Waals surface area contributed by atoms with E-state index in [1.807, 2.05) is 11.3 Å². The zero-order chi connectivity index (χ0) is 41.7. The molecule has 62 heavy (non-hydrogen) atoms. The molecule has 0 aliphatic heterocycles. The van der Waals surface area contributed by atoms with Gasteiger partial charge in [0.1, 0.15) is 0 Å². The summed E-state index contributed by atoms with van der Waals surface area (Å²) in [7, 11) is 0. The third-order valence-electron chi connectivity index (χ3n) is 13.9. The van der Waals surface area contributed by atoms with E-state index in [1.165, 1.54) is 104 Å². The molecule has 12 rings (SSSR count). The smallest absolute Gasteiger partial charge is 0.0508 e. The standard InChI is InChI=1S/C60H45NS/c1-59(2)52-19-8-6-14-47(52)51-37-42(31-36-54(51)59)40-25-23-38(24-26-40)39-27-32-43(33-28-39)61(55-21-12-17-49-46-13-5-9-20-53(46)60(3,4)57(49)55)44-34-29-41(30-35-44)45-16-11-18-50-48-15-7-10-22-56(48)62-58(45)50/h5-37H,1-4H3. The van der Waals surface area contributed by atoms with Gasteiger partial charge in [0, 0.05) is 42.4 Å². The largest absolute Gasteiger partial charge is 0.310 e. The molecule has 9 aromatic carbocycles. The average Bonchev–Trinajstić information content (AvgIpc) is 3.90. The maximum Gasteiger partial charge on any atom is 0.0508 e. The molecule has 1 nitrogen and oxygen atoms in total. The third-order valence-corrected chi connectivity index (χ3v) is 15.1. The zero-order valence-corrected chi connectivity index (χ0v) is 36.2. The number of benzene rings is 9. The summed E-state index contributed by atoms with van der Waals surface area (Å²) in [5.74, 6) is 0. The fourth-order valence-electron chi connectivity index (χ4n) is 10.8. The van der Waals surface area contributed by atoms with Crippen LogP contribution >= 0.6 is 11.3 Å². The van der Waals surface area contributed by atoms with Crippen molar-refractivity contribution >= 4 is 48.6 Å². The number of anilines is 3. The van der Waals surface area contributed by atoms with E-state index in [2.05, 4.69) is 233 Å². The SMILES string of the molecule is CC1(C)c2ccccc2-c2cc(-c3ccc(-c4ccc(N(c5ccc(-c6cccc7c6sc6ccccc67)cc5)c5cccc6c5C(C)(C)c5ccccc5-6)cc4)cc3)ccc21. The lowest BCUT2D eigenvalue weighted by Gasteiger charge is -2.32. The van der Waals surface area contributed by atoms with Crippen LogP contribution in [0.2, 0.25) is 0 Å². The molecule has 1 aromatic heterocycles. The summed E-state index contributed by atoms with van der Waals surface area (Å²) in [6, 6.07) is 74.6. The van der Waals surface area contributed by atoms with Crippen LogP contribution in [0.25, 0.3) is 75.8 Å². The van der Waals surface area contributed by atoms with E-state index in [0.717, 1.165) is 11.4 Å². The Morgan fingerprint density at radius 2 is 0.839 bits per heavy atom. The molecule has 0 spiro atoms. The lowest BCUT2D eigenvalue weighted by molar-refractivity contribution is 0.660. The second-order valence-electron chi connectivity index (χ2n) is 18.1. The summed E-state index contributed by atoms with van der Waals surface area (Å²) in [5, 5.41) is 2.65. The van der Waals surface area contributed by atoms with Gasteiger partial charge in [-0.2, -0.15) is 0 Å². The van der Waals surface area contributed by atoms with Gasteiger partial charge >= 0.3 is 0 Å². The summed E-state index contributed by atoms with van der Waals surface area (Å²) in [6.07, 6.45) is 0. The van der Waals surface area contributed by atoms with E-state index in [-0.39, 0.29) is 10.8 Å². The topological polar surface area (TPSA) is 3.24 Å². The van der Waals surface area contributed by atoms with Crippen LogP contribution in [0.15, 0.2) is 200 Å². The molecule has 2 aliphatic carbocycles. The van der Waals surface area contributed by atoms with Crippen molar-refractivity contribution in [3.05, 3.63) is 222 Å². The Morgan fingerprint density at radius 1 is 0.355 bits per heavy atom. The first-order chi connectivity index (χ1) is 30.3. The van der Waals surface area contributed by atoms with Crippen molar-refractivity contribution in [2.75, 3.05) is 4.90 Å². The Morgan fingerprint density at radius 3 is 1.55 bits per heavy atom. The van der Waals surface area contributed by atoms with Crippen molar-refractivity contribution in [2.45, 2.75) is 38.5 Å². The Bertz CT molecular complexity index is 3380. The van der Waals surface area contributed by atoms with Gasteiger partial charge in [0.2, 0.25) is 0 Å². The van der Waals surface area contributed by atoms with Gasteiger partial charge in [0.15, 0.2) is 0 Å². The van der Waals surface area contributed by atoms with Crippen molar-refractivity contribution < 1.29 is 0 Å². The Kier molecular flexibility index (Phi) is 8.17. The van der Waals surface area contributed by atoms with Crippen LogP contribution in [0.1, 0.15) is 49.9 Å². The van der Waals surface area contributed by atoms with Crippen molar-refractivity contribution in [1.29, 1.82) is 0 Å². The predicted octanol–water partition coefficient (Wildman–Crippen LogP) is 17.1. The first-order valence-corrected chi connectivity index (χ1v) is 22.6. The van der Waals surface area contributed by atoms with Crippen LogP contribution in [0.4, 0.5) is 17.1 Å². The molecule has 0 fully saturated rings. The Hall–Kier alpha value is -7.00. The molecule has 2 heteroatoms. The molecule has 296 valence electrons. The van der Waals surface area contributed by atoms with Crippen LogP contribution in [0.5, 0.6) is 0 Å². The lowest BCUT2D eigenvalue weighted by Crippen LogP contribution is -2.20. The van der Waals surface area contributed by atoms with Crippen LogP contribution in [-0.2, 0) is 10.8 Å². The van der Waals surface area contributed by atoms with E-state index in [0.29, 0.717) is 0 Å². The van der Waals surface area contributed by atoms with Gasteiger partial charge in [-0.15, -0.1) is 11.3 Å². The number of nitrogens with zero attached hydrogens (tertiary/aromatic N) is 1. The van der Waals surface area contributed by atoms with Crippen LogP contribution in [-0.4, -0.2) is 0 Å². The molecular weight excluding hydrogens is 767 g/mol. The number of hydrogen-bond acceptors (Lipinski definition) is 2. The quantitative estimate of drug-likeness (QED) is 0.162. The average molecular weight is 812 g/mol. The summed E-state index contributed by atoms with van der Waals surface area (Å²) in [4.78, 5) is 2.47. The Balaban J connectivity index is 0.918. The van der Waals surface area contributed by atoms with E-state index in [4.69, 9.17) is 0 Å². The second-order valence-corrected chi connectivity index (χ2v) is 19.1. The molecule has 0 N–H and O–H groups in total. The lowest BCUT2D eigenvalue weighted by atomic mass is 9.81. The van der Waals surface area contributed by atoms with Gasteiger partial charge in [0.25, 0.3) is 0 Å². The minimum atomic E-state index is -0.169. The number of fused-ring (bicyclic) bond motifs is 9. The van der Waals surface area contributed by atoms with Crippen LogP contribution in [0.3, 0.4) is 0 Å². The highest BCUT2D eigenvalue weighted by Crippen LogP contribution is 2.55. The minimum absolute atomic E-state index is 0.0104. The molecule has 0 radical (unpaired) electrons. The number of rotatable bonds is 6. The minimum Gasteiger partial charge on any atom is -0.310 e. The molecule has 0 atom stereocenters. The highest BCUT2D eigenvalue weighted by atomic mass is 32.1. The van der Waals surface area contributed by atoms with Gasteiger partial charge in [0.05, 0.1) is 5.69 Å². The molecule has 0 unspecified atom stereocenters. The van der Waals surface area contributed by atoms with Crippen molar-refractivity contribution in [3.63, 3.8) is 0 Å². The maximum atomic E-state index is 2.47. The van der Waals surface area contributed by atoms with Gasteiger partial charge in [-0.3, -0.25) is 0 Å². The molecule has 10 aromatic rings. The summed E-state index contributed by atoms with van der Waals surface area (Å²) in [5.41, 5.74) is 21.6. The molecular formula is C60H45NS.